The summed E-state index contributed by atoms with van der Waals surface area (Å²) < 4.78 is 49.5. The van der Waals surface area contributed by atoms with Gasteiger partial charge in [-0.1, -0.05) is 24.3 Å². The molecule has 0 spiro atoms. The molecule has 2 saturated heterocycles. The molecule has 0 atom stereocenters. The number of anilines is 2. The quantitative estimate of drug-likeness (QED) is 0.356. The van der Waals surface area contributed by atoms with Gasteiger partial charge in [-0.3, -0.25) is 0 Å². The minimum atomic E-state index is -6.00. The van der Waals surface area contributed by atoms with Crippen LogP contribution in [0.2, 0.25) is 0 Å². The molecule has 4 rings (SSSR count). The van der Waals surface area contributed by atoms with Crippen molar-refractivity contribution in [3.05, 3.63) is 58.5 Å². The van der Waals surface area contributed by atoms with Crippen LogP contribution in [0, 0.1) is 10.8 Å². The van der Waals surface area contributed by atoms with Gasteiger partial charge in [-0.2, -0.15) is 0 Å². The third-order valence-electron chi connectivity index (χ3n) is 4.68. The van der Waals surface area contributed by atoms with Crippen molar-refractivity contribution in [1.29, 1.82) is 10.8 Å². The number of benzene rings is 2. The molecule has 0 N–H and O–H groups in total. The molecule has 14 heteroatoms. The third kappa shape index (κ3) is 10.2. The van der Waals surface area contributed by atoms with E-state index in [1.807, 2.05) is 36.4 Å². The van der Waals surface area contributed by atoms with E-state index >= 15 is 0 Å². The molecule has 2 aliphatic heterocycles. The molecule has 0 aliphatic carbocycles. The molecule has 0 aromatic heterocycles. The fourth-order valence-corrected chi connectivity index (χ4v) is 3.24. The van der Waals surface area contributed by atoms with E-state index in [-0.39, 0.29) is 12.4 Å². The lowest BCUT2D eigenvalue weighted by Gasteiger charge is -2.27. The van der Waals surface area contributed by atoms with Gasteiger partial charge in [0.1, 0.15) is 11.4 Å². The Morgan fingerprint density at radius 2 is 0.941 bits per heavy atom. The zero-order valence-electron chi connectivity index (χ0n) is 18.2. The highest BCUT2D eigenvalue weighted by Gasteiger charge is 2.22. The molecule has 2 aromatic rings. The lowest BCUT2D eigenvalue weighted by molar-refractivity contribution is -0.0000142. The average molecular weight is 503 g/mol. The van der Waals surface area contributed by atoms with Gasteiger partial charge in [0.2, 0.25) is 10.8 Å². The molecule has 0 radical (unpaired) electrons. The first-order valence-corrected chi connectivity index (χ1v) is 10.2. The maximum Gasteiger partial charge on any atom is 0.673 e. The van der Waals surface area contributed by atoms with E-state index in [4.69, 9.17) is 20.3 Å². The largest absolute Gasteiger partial charge is 1.00 e. The average Bonchev–Trinajstić information content (AvgIpc) is 2.84. The molecule has 2 fully saturated rings. The second kappa shape index (κ2) is 14.9. The van der Waals surface area contributed by atoms with Crippen molar-refractivity contribution in [2.24, 2.45) is 0 Å². The number of hydrogen-bond donors (Lipinski definition) is 0. The Bertz CT molecular complexity index is 884. The van der Waals surface area contributed by atoms with E-state index < -0.39 is 7.25 Å². The zero-order chi connectivity index (χ0) is 24.1. The number of rotatable bonds is 2. The van der Waals surface area contributed by atoms with Gasteiger partial charge in [0, 0.05) is 38.3 Å². The monoisotopic (exact) mass is 502 g/mol. The van der Waals surface area contributed by atoms with Crippen molar-refractivity contribution >= 4 is 30.0 Å². The standard InChI is InChI=1S/2C10H12N3O.BF4.ClH/c2*11-12-9-3-1-2-4-10(9)13-5-7-14-8-6-13;2-1(3,4)5;/h2*1-4H,5-8H2;;1H/q2*+1;-1;/p-1. The van der Waals surface area contributed by atoms with Gasteiger partial charge in [-0.25, -0.2) is 0 Å². The number of hydrogen-bond acceptors (Lipinski definition) is 6. The second-order valence-electron chi connectivity index (χ2n) is 6.87. The van der Waals surface area contributed by atoms with E-state index in [0.29, 0.717) is 11.4 Å². The van der Waals surface area contributed by atoms with Crippen molar-refractivity contribution in [3.63, 3.8) is 0 Å². The third-order valence-corrected chi connectivity index (χ3v) is 4.68. The zero-order valence-corrected chi connectivity index (χ0v) is 19.0. The highest BCUT2D eigenvalue weighted by atomic mass is 35.5. The van der Waals surface area contributed by atoms with Crippen LogP contribution in [0.3, 0.4) is 0 Å². The minimum Gasteiger partial charge on any atom is -1.00 e. The summed E-state index contributed by atoms with van der Waals surface area (Å²) in [5, 5.41) is 17.6. The molecular weight excluding hydrogens is 479 g/mol. The Kier molecular flexibility index (Phi) is 12.7. The Labute approximate surface area is 201 Å². The Morgan fingerprint density at radius 1 is 0.647 bits per heavy atom. The molecule has 0 amide bonds. The second-order valence-corrected chi connectivity index (χ2v) is 6.87. The number of para-hydroxylation sites is 2. The predicted molar refractivity (Wildman–Crippen MR) is 119 cm³/mol. The lowest BCUT2D eigenvalue weighted by Crippen LogP contribution is -3.00. The van der Waals surface area contributed by atoms with E-state index in [1.165, 1.54) is 0 Å². The van der Waals surface area contributed by atoms with Gasteiger partial charge in [-0.05, 0) is 12.1 Å². The van der Waals surface area contributed by atoms with Gasteiger partial charge in [-0.15, -0.1) is 0 Å². The van der Waals surface area contributed by atoms with Crippen molar-refractivity contribution < 1.29 is 39.1 Å². The van der Waals surface area contributed by atoms with Crippen molar-refractivity contribution in [2.75, 3.05) is 62.4 Å². The summed E-state index contributed by atoms with van der Waals surface area (Å²) in [6, 6.07) is 15.1. The van der Waals surface area contributed by atoms with Crippen LogP contribution in [-0.4, -0.2) is 59.9 Å². The molecule has 34 heavy (non-hydrogen) atoms. The van der Waals surface area contributed by atoms with Crippen LogP contribution in [-0.2, 0) is 9.47 Å². The summed E-state index contributed by atoms with van der Waals surface area (Å²) in [4.78, 5) is 10.9. The van der Waals surface area contributed by atoms with Gasteiger partial charge >= 0.3 is 18.6 Å². The predicted octanol–water partition coefficient (Wildman–Crippen LogP) is 2.32. The molecular formula is C20H24BClF4N6O2. The Morgan fingerprint density at radius 3 is 1.24 bits per heavy atom. The number of ether oxygens (including phenoxy) is 2. The first-order valence-electron chi connectivity index (χ1n) is 10.2. The van der Waals surface area contributed by atoms with E-state index in [1.54, 1.807) is 12.1 Å². The molecule has 0 saturated carbocycles. The maximum atomic E-state index is 9.75. The molecule has 2 heterocycles. The Hall–Kier alpha value is -3.13. The van der Waals surface area contributed by atoms with Crippen LogP contribution >= 0.6 is 0 Å². The normalized spacial score (nSPS) is 15.2. The summed E-state index contributed by atoms with van der Waals surface area (Å²) >= 11 is 0. The fraction of sp³-hybridized carbons (Fsp3) is 0.400. The number of morpholine rings is 2. The molecule has 2 aromatic carbocycles. The molecule has 184 valence electrons. The fourth-order valence-electron chi connectivity index (χ4n) is 3.24. The van der Waals surface area contributed by atoms with E-state index in [9.17, 15) is 17.3 Å². The smallest absolute Gasteiger partial charge is 0.673 e. The summed E-state index contributed by atoms with van der Waals surface area (Å²) in [5.74, 6) is 0. The number of halogens is 5. The van der Waals surface area contributed by atoms with E-state index in [2.05, 4.69) is 19.8 Å². The van der Waals surface area contributed by atoms with Crippen molar-refractivity contribution in [2.45, 2.75) is 0 Å². The van der Waals surface area contributed by atoms with Crippen LogP contribution in [0.5, 0.6) is 0 Å². The lowest BCUT2D eigenvalue weighted by atomic mass is 10.2. The number of nitrogens with zero attached hydrogens (tertiary/aromatic N) is 6. The van der Waals surface area contributed by atoms with Crippen LogP contribution < -0.4 is 22.2 Å². The van der Waals surface area contributed by atoms with Gasteiger partial charge in [0.05, 0.1) is 26.4 Å². The van der Waals surface area contributed by atoms with Crippen molar-refractivity contribution in [3.8, 4) is 0 Å². The van der Waals surface area contributed by atoms with E-state index in [0.717, 1.165) is 64.0 Å². The van der Waals surface area contributed by atoms with Gasteiger partial charge < -0.3 is 48.9 Å². The minimum absolute atomic E-state index is 0. The molecule has 0 bridgehead atoms. The van der Waals surface area contributed by atoms with Crippen molar-refractivity contribution in [1.82, 2.24) is 0 Å². The molecule has 0 unspecified atom stereocenters. The molecule has 2 aliphatic rings. The first-order chi connectivity index (χ1) is 15.8. The summed E-state index contributed by atoms with van der Waals surface area (Å²) in [7, 11) is -6.00. The van der Waals surface area contributed by atoms with Gasteiger partial charge in [0.25, 0.3) is 0 Å². The highest BCUT2D eigenvalue weighted by molar-refractivity contribution is 6.50. The van der Waals surface area contributed by atoms with Crippen LogP contribution in [0.1, 0.15) is 0 Å². The summed E-state index contributed by atoms with van der Waals surface area (Å²) in [6.45, 7) is 6.36. The topological polar surface area (TPSA) is 81.2 Å². The Balaban J connectivity index is 0.000000278. The maximum absolute atomic E-state index is 9.75. The SMILES string of the molecule is F[B-](F)(F)F.N#[N+]c1ccccc1N1CCOCC1.N#[N+]c1ccccc1N1CCOCC1.[Cl-]. The summed E-state index contributed by atoms with van der Waals surface area (Å²) in [6.07, 6.45) is 0. The van der Waals surface area contributed by atoms with Crippen LogP contribution in [0.4, 0.5) is 40.0 Å². The van der Waals surface area contributed by atoms with Crippen LogP contribution in [0.25, 0.3) is 9.95 Å². The first kappa shape index (κ1) is 28.9. The molecule has 8 nitrogen and oxygen atoms in total. The number of diazo groups is 2. The summed E-state index contributed by atoms with van der Waals surface area (Å²) in [5.41, 5.74) is 3.18. The van der Waals surface area contributed by atoms with Crippen LogP contribution in [0.15, 0.2) is 48.5 Å². The van der Waals surface area contributed by atoms with Gasteiger partial charge in [0.15, 0.2) is 9.95 Å². The highest BCUT2D eigenvalue weighted by Crippen LogP contribution is 2.29.